The number of anilines is 1. The van der Waals surface area contributed by atoms with Gasteiger partial charge in [0.2, 0.25) is 11.8 Å². The number of benzene rings is 2. The van der Waals surface area contributed by atoms with Crippen molar-refractivity contribution in [2.24, 2.45) is 5.92 Å². The van der Waals surface area contributed by atoms with Crippen molar-refractivity contribution in [2.45, 2.75) is 51.6 Å². The molecule has 3 amide bonds. The van der Waals surface area contributed by atoms with Crippen LogP contribution >= 0.6 is 0 Å². The Morgan fingerprint density at radius 2 is 1.75 bits per heavy atom. The van der Waals surface area contributed by atoms with Crippen molar-refractivity contribution >= 4 is 23.4 Å². The van der Waals surface area contributed by atoms with E-state index in [-0.39, 0.29) is 23.3 Å². The zero-order chi connectivity index (χ0) is 26.0. The first-order valence-electron chi connectivity index (χ1n) is 12.6. The van der Waals surface area contributed by atoms with Crippen LogP contribution in [0.15, 0.2) is 48.5 Å². The van der Waals surface area contributed by atoms with Gasteiger partial charge in [0.15, 0.2) is 0 Å². The molecule has 0 radical (unpaired) electrons. The Morgan fingerprint density at radius 1 is 1.08 bits per heavy atom. The van der Waals surface area contributed by atoms with E-state index in [4.69, 9.17) is 0 Å². The van der Waals surface area contributed by atoms with Crippen LogP contribution < -0.4 is 10.2 Å². The van der Waals surface area contributed by atoms with Crippen LogP contribution in [0.1, 0.15) is 49.5 Å². The van der Waals surface area contributed by atoms with E-state index in [9.17, 15) is 18.8 Å². The van der Waals surface area contributed by atoms with Gasteiger partial charge in [-0.1, -0.05) is 45.0 Å². The molecule has 2 fully saturated rings. The average molecular weight is 495 g/mol. The summed E-state index contributed by atoms with van der Waals surface area (Å²) in [5, 5.41) is 2.78. The number of rotatable bonds is 6. The maximum absolute atomic E-state index is 14.4. The summed E-state index contributed by atoms with van der Waals surface area (Å²) in [6, 6.07) is 13.6. The van der Waals surface area contributed by atoms with Gasteiger partial charge >= 0.3 is 0 Å². The first-order chi connectivity index (χ1) is 17.2. The topological polar surface area (TPSA) is 73.0 Å². The molecule has 0 aromatic heterocycles. The molecule has 2 aromatic rings. The summed E-state index contributed by atoms with van der Waals surface area (Å²) in [7, 11) is 1.81. The number of halogens is 1. The van der Waals surface area contributed by atoms with E-state index >= 15 is 0 Å². The lowest BCUT2D eigenvalue weighted by Crippen LogP contribution is -2.60. The molecule has 1 spiro atoms. The molecular weight excluding hydrogens is 459 g/mol. The minimum Gasteiger partial charge on any atom is -0.341 e. The third kappa shape index (κ3) is 4.68. The highest BCUT2D eigenvalue weighted by molar-refractivity contribution is 5.98. The molecular formula is C28H35FN4O3. The van der Waals surface area contributed by atoms with E-state index < -0.39 is 23.3 Å². The Balaban J connectivity index is 1.49. The van der Waals surface area contributed by atoms with Gasteiger partial charge in [0, 0.05) is 25.8 Å². The van der Waals surface area contributed by atoms with E-state index in [1.807, 2.05) is 58.2 Å². The van der Waals surface area contributed by atoms with Crippen LogP contribution in [0.4, 0.5) is 10.1 Å². The molecule has 1 atom stereocenters. The standard InChI is InChI=1S/C28H35FN4O3/c1-5-20-11-12-23(29)22(17-20)25(34)30-24(19(2)3)26(35)32-15-13-28(14-16-32)27(36)31(4)18-33(28)21-9-7-6-8-10-21/h6-12,17,19,24H,5,13-16,18H2,1-4H3,(H,30,34). The summed E-state index contributed by atoms with van der Waals surface area (Å²) in [5.41, 5.74) is 1.10. The zero-order valence-corrected chi connectivity index (χ0v) is 21.5. The predicted molar refractivity (Wildman–Crippen MR) is 137 cm³/mol. The first kappa shape index (κ1) is 25.7. The number of likely N-dealkylation sites (N-methyl/N-ethyl adjacent to an activating group) is 1. The van der Waals surface area contributed by atoms with Gasteiger partial charge in [-0.05, 0) is 55.0 Å². The number of carbonyl (C=O) groups excluding carboxylic acids is 3. The summed E-state index contributed by atoms with van der Waals surface area (Å²) in [4.78, 5) is 45.3. The van der Waals surface area contributed by atoms with Crippen molar-refractivity contribution in [3.63, 3.8) is 0 Å². The summed E-state index contributed by atoms with van der Waals surface area (Å²) < 4.78 is 14.4. The number of likely N-dealkylation sites (tertiary alicyclic amines) is 1. The fourth-order valence-corrected chi connectivity index (χ4v) is 5.30. The number of para-hydroxylation sites is 1. The van der Waals surface area contributed by atoms with Crippen LogP contribution in [-0.4, -0.2) is 65.9 Å². The maximum atomic E-state index is 14.4. The van der Waals surface area contributed by atoms with Gasteiger partial charge in [0.05, 0.1) is 12.2 Å². The third-order valence-corrected chi connectivity index (χ3v) is 7.49. The number of hydrogen-bond acceptors (Lipinski definition) is 4. The van der Waals surface area contributed by atoms with Gasteiger partial charge in [-0.25, -0.2) is 4.39 Å². The Kier molecular flexibility index (Phi) is 7.33. The molecule has 1 N–H and O–H groups in total. The Morgan fingerprint density at radius 3 is 2.36 bits per heavy atom. The molecule has 36 heavy (non-hydrogen) atoms. The number of nitrogens with zero attached hydrogens (tertiary/aromatic N) is 3. The van der Waals surface area contributed by atoms with E-state index in [0.717, 1.165) is 11.3 Å². The van der Waals surface area contributed by atoms with Gasteiger partial charge in [-0.2, -0.15) is 0 Å². The van der Waals surface area contributed by atoms with Crippen LogP contribution in [-0.2, 0) is 16.0 Å². The number of aryl methyl sites for hydroxylation is 1. The van der Waals surface area contributed by atoms with Crippen LogP contribution in [0, 0.1) is 11.7 Å². The molecule has 2 aliphatic rings. The monoisotopic (exact) mass is 494 g/mol. The number of carbonyl (C=O) groups is 3. The minimum atomic E-state index is -0.789. The molecule has 2 heterocycles. The fourth-order valence-electron chi connectivity index (χ4n) is 5.30. The van der Waals surface area contributed by atoms with Gasteiger partial charge in [-0.3, -0.25) is 14.4 Å². The predicted octanol–water partition coefficient (Wildman–Crippen LogP) is 3.44. The van der Waals surface area contributed by atoms with E-state index in [2.05, 4.69) is 10.2 Å². The molecule has 2 aliphatic heterocycles. The van der Waals surface area contributed by atoms with Crippen molar-refractivity contribution in [3.8, 4) is 0 Å². The SMILES string of the molecule is CCc1ccc(F)c(C(=O)NC(C(=O)N2CCC3(CC2)C(=O)N(C)CN3c2ccccc2)C(C)C)c1. The highest BCUT2D eigenvalue weighted by Crippen LogP contribution is 2.39. The van der Waals surface area contributed by atoms with Gasteiger partial charge in [0.1, 0.15) is 17.4 Å². The number of amides is 3. The van der Waals surface area contributed by atoms with E-state index in [1.54, 1.807) is 15.9 Å². The van der Waals surface area contributed by atoms with Crippen LogP contribution in [0.25, 0.3) is 0 Å². The van der Waals surface area contributed by atoms with Crippen molar-refractivity contribution in [1.29, 1.82) is 0 Å². The number of hydrogen-bond donors (Lipinski definition) is 1. The van der Waals surface area contributed by atoms with E-state index in [1.165, 1.54) is 12.1 Å². The molecule has 8 heteroatoms. The summed E-state index contributed by atoms with van der Waals surface area (Å²) in [6.45, 7) is 6.97. The molecule has 2 saturated heterocycles. The number of nitrogens with one attached hydrogen (secondary N) is 1. The van der Waals surface area contributed by atoms with Crippen LogP contribution in [0.5, 0.6) is 0 Å². The van der Waals surface area contributed by atoms with Crippen molar-refractivity contribution in [3.05, 3.63) is 65.5 Å². The largest absolute Gasteiger partial charge is 0.341 e. The van der Waals surface area contributed by atoms with E-state index in [0.29, 0.717) is 39.0 Å². The summed E-state index contributed by atoms with van der Waals surface area (Å²) in [5.74, 6) is -1.52. The Hall–Kier alpha value is -3.42. The average Bonchev–Trinajstić information content (AvgIpc) is 3.12. The highest BCUT2D eigenvalue weighted by atomic mass is 19.1. The lowest BCUT2D eigenvalue weighted by Gasteiger charge is -2.44. The van der Waals surface area contributed by atoms with Crippen molar-refractivity contribution < 1.29 is 18.8 Å². The quantitative estimate of drug-likeness (QED) is 0.668. The molecule has 4 rings (SSSR count). The maximum Gasteiger partial charge on any atom is 0.254 e. The molecule has 0 saturated carbocycles. The van der Waals surface area contributed by atoms with Crippen LogP contribution in [0.3, 0.4) is 0 Å². The lowest BCUT2D eigenvalue weighted by atomic mass is 9.85. The Bertz CT molecular complexity index is 1130. The fraction of sp³-hybridized carbons (Fsp3) is 0.464. The molecule has 1 unspecified atom stereocenters. The first-order valence-corrected chi connectivity index (χ1v) is 12.6. The molecule has 2 aromatic carbocycles. The van der Waals surface area contributed by atoms with Crippen molar-refractivity contribution in [2.75, 3.05) is 31.7 Å². The normalized spacial score (nSPS) is 18.2. The Labute approximate surface area is 212 Å². The second-order valence-corrected chi connectivity index (χ2v) is 10.1. The summed E-state index contributed by atoms with van der Waals surface area (Å²) >= 11 is 0. The molecule has 0 bridgehead atoms. The highest BCUT2D eigenvalue weighted by Gasteiger charge is 2.53. The van der Waals surface area contributed by atoms with Gasteiger partial charge in [-0.15, -0.1) is 0 Å². The lowest BCUT2D eigenvalue weighted by molar-refractivity contribution is -0.139. The second-order valence-electron chi connectivity index (χ2n) is 10.1. The molecule has 0 aliphatic carbocycles. The molecule has 7 nitrogen and oxygen atoms in total. The third-order valence-electron chi connectivity index (χ3n) is 7.49. The minimum absolute atomic E-state index is 0.0523. The second kappa shape index (κ2) is 10.3. The zero-order valence-electron chi connectivity index (χ0n) is 21.5. The van der Waals surface area contributed by atoms with Crippen LogP contribution in [0.2, 0.25) is 0 Å². The number of piperidine rings is 1. The summed E-state index contributed by atoms with van der Waals surface area (Å²) in [6.07, 6.45) is 1.68. The van der Waals surface area contributed by atoms with Gasteiger partial charge in [0.25, 0.3) is 5.91 Å². The smallest absolute Gasteiger partial charge is 0.254 e. The van der Waals surface area contributed by atoms with Gasteiger partial charge < -0.3 is 20.0 Å². The van der Waals surface area contributed by atoms with Crippen molar-refractivity contribution in [1.82, 2.24) is 15.1 Å². The molecule has 192 valence electrons.